The second kappa shape index (κ2) is 6.64. The van der Waals surface area contributed by atoms with Crippen molar-refractivity contribution in [2.24, 2.45) is 17.8 Å². The number of nitrogens with two attached hydrogens (primary N) is 1. The molecule has 0 radical (unpaired) electrons. The Morgan fingerprint density at radius 2 is 1.79 bits per heavy atom. The summed E-state index contributed by atoms with van der Waals surface area (Å²) >= 11 is 0. The van der Waals surface area contributed by atoms with Crippen molar-refractivity contribution in [3.63, 3.8) is 0 Å². The fourth-order valence-electron chi connectivity index (χ4n) is 2.35. The van der Waals surface area contributed by atoms with Gasteiger partial charge in [0.15, 0.2) is 0 Å². The van der Waals surface area contributed by atoms with Crippen LogP contribution in [-0.2, 0) is 0 Å². The number of rotatable bonds is 6. The number of benzene rings is 1. The van der Waals surface area contributed by atoms with Gasteiger partial charge in [0.2, 0.25) is 0 Å². The van der Waals surface area contributed by atoms with Crippen molar-refractivity contribution in [3.8, 4) is 5.75 Å². The molecule has 19 heavy (non-hydrogen) atoms. The van der Waals surface area contributed by atoms with Gasteiger partial charge < -0.3 is 15.8 Å². The summed E-state index contributed by atoms with van der Waals surface area (Å²) in [7, 11) is 1.53. The molecule has 0 amide bonds. The highest BCUT2D eigenvalue weighted by Crippen LogP contribution is 2.29. The second-order valence-electron chi connectivity index (χ2n) is 5.61. The van der Waals surface area contributed by atoms with Crippen LogP contribution in [0.1, 0.15) is 27.7 Å². The number of nitrogen functional groups attached to an aromatic ring is 1. The molecule has 0 aliphatic rings. The molecule has 0 aromatic heterocycles. The van der Waals surface area contributed by atoms with Crippen LogP contribution >= 0.6 is 0 Å². The van der Waals surface area contributed by atoms with Crippen molar-refractivity contribution in [3.05, 3.63) is 17.9 Å². The lowest BCUT2D eigenvalue weighted by Gasteiger charge is -2.25. The van der Waals surface area contributed by atoms with E-state index in [9.17, 15) is 4.39 Å². The molecular formula is C15H25FN2O. The molecule has 0 heterocycles. The monoisotopic (exact) mass is 268 g/mol. The van der Waals surface area contributed by atoms with Crippen LogP contribution < -0.4 is 15.8 Å². The van der Waals surface area contributed by atoms with E-state index < -0.39 is 0 Å². The number of halogens is 1. The maximum absolute atomic E-state index is 13.8. The topological polar surface area (TPSA) is 47.3 Å². The standard InChI is InChI=1S/C15H25FN2O/c1-9(2)11(10(3)4)8-18-14-7-15(19-5)13(17)6-12(14)16/h6-7,9-11,18H,8,17H2,1-5H3. The normalized spacial score (nSPS) is 11.4. The minimum Gasteiger partial charge on any atom is -0.495 e. The third-order valence-corrected chi connectivity index (χ3v) is 3.56. The molecular weight excluding hydrogens is 243 g/mol. The second-order valence-corrected chi connectivity index (χ2v) is 5.61. The molecule has 0 saturated heterocycles. The van der Waals surface area contributed by atoms with Crippen molar-refractivity contribution in [2.45, 2.75) is 27.7 Å². The summed E-state index contributed by atoms with van der Waals surface area (Å²) in [4.78, 5) is 0. The molecule has 0 fully saturated rings. The number of nitrogens with one attached hydrogen (secondary N) is 1. The Balaban J connectivity index is 2.82. The highest BCUT2D eigenvalue weighted by atomic mass is 19.1. The van der Waals surface area contributed by atoms with Gasteiger partial charge in [-0.2, -0.15) is 0 Å². The number of ether oxygens (including phenoxy) is 1. The van der Waals surface area contributed by atoms with E-state index in [2.05, 4.69) is 33.0 Å². The molecule has 4 heteroatoms. The largest absolute Gasteiger partial charge is 0.495 e. The number of anilines is 2. The highest BCUT2D eigenvalue weighted by molar-refractivity contribution is 5.62. The van der Waals surface area contributed by atoms with Crippen LogP contribution in [0.5, 0.6) is 5.75 Å². The van der Waals surface area contributed by atoms with Crippen LogP contribution in [0.15, 0.2) is 12.1 Å². The van der Waals surface area contributed by atoms with Crippen molar-refractivity contribution < 1.29 is 9.13 Å². The number of hydrogen-bond acceptors (Lipinski definition) is 3. The van der Waals surface area contributed by atoms with Crippen LogP contribution in [0.4, 0.5) is 15.8 Å². The predicted molar refractivity (Wildman–Crippen MR) is 79.0 cm³/mol. The van der Waals surface area contributed by atoms with Crippen LogP contribution in [0.3, 0.4) is 0 Å². The van der Waals surface area contributed by atoms with Gasteiger partial charge in [-0.15, -0.1) is 0 Å². The van der Waals surface area contributed by atoms with Gasteiger partial charge in [-0.05, 0) is 17.8 Å². The maximum atomic E-state index is 13.8. The Kier molecular flexibility index (Phi) is 5.45. The van der Waals surface area contributed by atoms with Gasteiger partial charge in [-0.25, -0.2) is 4.39 Å². The summed E-state index contributed by atoms with van der Waals surface area (Å²) in [5, 5.41) is 3.17. The molecule has 1 rings (SSSR count). The Morgan fingerprint density at radius 1 is 1.21 bits per heavy atom. The van der Waals surface area contributed by atoms with Crippen LogP contribution in [0.25, 0.3) is 0 Å². The van der Waals surface area contributed by atoms with Crippen molar-refractivity contribution >= 4 is 11.4 Å². The van der Waals surface area contributed by atoms with E-state index in [0.29, 0.717) is 34.9 Å². The summed E-state index contributed by atoms with van der Waals surface area (Å²) < 4.78 is 18.9. The van der Waals surface area contributed by atoms with Gasteiger partial charge in [0.05, 0.1) is 18.5 Å². The van der Waals surface area contributed by atoms with E-state index in [-0.39, 0.29) is 5.82 Å². The molecule has 3 N–H and O–H groups in total. The smallest absolute Gasteiger partial charge is 0.148 e. The van der Waals surface area contributed by atoms with Gasteiger partial charge in [0.25, 0.3) is 0 Å². The lowest BCUT2D eigenvalue weighted by molar-refractivity contribution is 0.304. The van der Waals surface area contributed by atoms with Crippen LogP contribution in [0, 0.1) is 23.6 Å². The molecule has 108 valence electrons. The van der Waals surface area contributed by atoms with Gasteiger partial charge in [-0.1, -0.05) is 27.7 Å². The molecule has 0 aliphatic carbocycles. The molecule has 1 aromatic carbocycles. The lowest BCUT2D eigenvalue weighted by atomic mass is 9.85. The summed E-state index contributed by atoms with van der Waals surface area (Å²) in [5.41, 5.74) is 6.42. The first-order chi connectivity index (χ1) is 8.86. The van der Waals surface area contributed by atoms with Crippen LogP contribution in [0.2, 0.25) is 0 Å². The molecule has 0 saturated carbocycles. The molecule has 0 atom stereocenters. The van der Waals surface area contributed by atoms with Crippen LogP contribution in [-0.4, -0.2) is 13.7 Å². The van der Waals surface area contributed by atoms with E-state index in [4.69, 9.17) is 10.5 Å². The Hall–Kier alpha value is -1.45. The quantitative estimate of drug-likeness (QED) is 0.772. The number of hydrogen-bond donors (Lipinski definition) is 2. The Morgan fingerprint density at radius 3 is 2.26 bits per heavy atom. The molecule has 3 nitrogen and oxygen atoms in total. The highest BCUT2D eigenvalue weighted by Gasteiger charge is 2.18. The van der Waals surface area contributed by atoms with Crippen molar-refractivity contribution in [2.75, 3.05) is 24.7 Å². The summed E-state index contributed by atoms with van der Waals surface area (Å²) in [6.07, 6.45) is 0. The average molecular weight is 268 g/mol. The number of methoxy groups -OCH3 is 1. The first-order valence-corrected chi connectivity index (χ1v) is 6.73. The molecule has 0 spiro atoms. The zero-order valence-corrected chi connectivity index (χ0v) is 12.5. The zero-order valence-electron chi connectivity index (χ0n) is 12.5. The minimum atomic E-state index is -0.343. The third kappa shape index (κ3) is 4.01. The molecule has 0 aliphatic heterocycles. The Bertz CT molecular complexity index is 411. The average Bonchev–Trinajstić information content (AvgIpc) is 2.31. The molecule has 0 unspecified atom stereocenters. The van der Waals surface area contributed by atoms with E-state index in [0.717, 1.165) is 6.54 Å². The lowest BCUT2D eigenvalue weighted by Crippen LogP contribution is -2.24. The van der Waals surface area contributed by atoms with Gasteiger partial charge in [0.1, 0.15) is 11.6 Å². The van der Waals surface area contributed by atoms with E-state index in [1.54, 1.807) is 6.07 Å². The van der Waals surface area contributed by atoms with E-state index in [1.165, 1.54) is 13.2 Å². The van der Waals surface area contributed by atoms with Crippen molar-refractivity contribution in [1.82, 2.24) is 0 Å². The zero-order chi connectivity index (χ0) is 14.6. The summed E-state index contributed by atoms with van der Waals surface area (Å²) in [6.45, 7) is 9.48. The first-order valence-electron chi connectivity index (χ1n) is 6.73. The molecule has 0 bridgehead atoms. The fourth-order valence-corrected chi connectivity index (χ4v) is 2.35. The predicted octanol–water partition coefficient (Wildman–Crippen LogP) is 3.76. The Labute approximate surface area is 115 Å². The SMILES string of the molecule is COc1cc(NCC(C(C)C)C(C)C)c(F)cc1N. The van der Waals surface area contributed by atoms with Gasteiger partial charge in [-0.3, -0.25) is 0 Å². The third-order valence-electron chi connectivity index (χ3n) is 3.56. The first kappa shape index (κ1) is 15.6. The van der Waals surface area contributed by atoms with Gasteiger partial charge in [0, 0.05) is 18.7 Å². The summed E-state index contributed by atoms with van der Waals surface area (Å²) in [6, 6.07) is 2.91. The maximum Gasteiger partial charge on any atom is 0.148 e. The minimum absolute atomic E-state index is 0.315. The fraction of sp³-hybridized carbons (Fsp3) is 0.600. The van der Waals surface area contributed by atoms with Gasteiger partial charge >= 0.3 is 0 Å². The molecule has 1 aromatic rings. The van der Waals surface area contributed by atoms with E-state index >= 15 is 0 Å². The summed E-state index contributed by atoms with van der Waals surface area (Å²) in [5.74, 6) is 1.74. The van der Waals surface area contributed by atoms with Crippen molar-refractivity contribution in [1.29, 1.82) is 0 Å². The van der Waals surface area contributed by atoms with E-state index in [1.807, 2.05) is 0 Å².